The summed E-state index contributed by atoms with van der Waals surface area (Å²) in [7, 11) is 0. The Labute approximate surface area is 128 Å². The van der Waals surface area contributed by atoms with Gasteiger partial charge in [-0.1, -0.05) is 0 Å². The van der Waals surface area contributed by atoms with Crippen molar-refractivity contribution in [1.82, 2.24) is 10.2 Å². The molecule has 4 heteroatoms. The van der Waals surface area contributed by atoms with Gasteiger partial charge in [-0.05, 0) is 70.4 Å². The van der Waals surface area contributed by atoms with Crippen LogP contribution in [0.1, 0.15) is 57.8 Å². The molecule has 1 N–H and O–H groups in total. The van der Waals surface area contributed by atoms with Gasteiger partial charge in [0.2, 0.25) is 5.91 Å². The smallest absolute Gasteiger partial charge is 0.222 e. The molecule has 2 unspecified atom stereocenters. The number of ether oxygens (including phenoxy) is 1. The SMILES string of the molecule is O=C(CCC1CCCCO1)N(CC1CCCNC1)C1CC1. The molecule has 0 aromatic rings. The monoisotopic (exact) mass is 294 g/mol. The summed E-state index contributed by atoms with van der Waals surface area (Å²) in [6, 6.07) is 0.548. The van der Waals surface area contributed by atoms with Crippen molar-refractivity contribution in [2.45, 2.75) is 69.9 Å². The second kappa shape index (κ2) is 7.59. The molecule has 1 saturated carbocycles. The van der Waals surface area contributed by atoms with Crippen LogP contribution in [-0.2, 0) is 9.53 Å². The summed E-state index contributed by atoms with van der Waals surface area (Å²) in [5.74, 6) is 1.03. The Balaban J connectivity index is 1.44. The Morgan fingerprint density at radius 1 is 1.14 bits per heavy atom. The lowest BCUT2D eigenvalue weighted by Crippen LogP contribution is -2.42. The van der Waals surface area contributed by atoms with Crippen molar-refractivity contribution < 1.29 is 9.53 Å². The lowest BCUT2D eigenvalue weighted by atomic mass is 9.98. The van der Waals surface area contributed by atoms with Gasteiger partial charge in [-0.3, -0.25) is 4.79 Å². The zero-order valence-corrected chi connectivity index (χ0v) is 13.2. The molecule has 0 radical (unpaired) electrons. The van der Waals surface area contributed by atoms with E-state index in [1.165, 1.54) is 38.5 Å². The lowest BCUT2D eigenvalue weighted by Gasteiger charge is -2.31. The van der Waals surface area contributed by atoms with Crippen molar-refractivity contribution in [3.63, 3.8) is 0 Å². The molecule has 0 aromatic carbocycles. The third kappa shape index (κ3) is 4.68. The van der Waals surface area contributed by atoms with Crippen LogP contribution >= 0.6 is 0 Å². The number of rotatable bonds is 6. The number of carbonyl (C=O) groups is 1. The summed E-state index contributed by atoms with van der Waals surface area (Å²) in [6.45, 7) is 4.09. The van der Waals surface area contributed by atoms with E-state index in [-0.39, 0.29) is 0 Å². The molecule has 1 aliphatic carbocycles. The molecule has 2 heterocycles. The van der Waals surface area contributed by atoms with Gasteiger partial charge in [-0.2, -0.15) is 0 Å². The average molecular weight is 294 g/mol. The van der Waals surface area contributed by atoms with Crippen LogP contribution in [0, 0.1) is 5.92 Å². The summed E-state index contributed by atoms with van der Waals surface area (Å²) >= 11 is 0. The number of hydrogen-bond donors (Lipinski definition) is 1. The molecule has 4 nitrogen and oxygen atoms in total. The molecule has 3 fully saturated rings. The zero-order chi connectivity index (χ0) is 14.5. The first-order valence-electron chi connectivity index (χ1n) is 8.94. The third-order valence-electron chi connectivity index (χ3n) is 5.12. The van der Waals surface area contributed by atoms with Crippen molar-refractivity contribution in [1.29, 1.82) is 0 Å². The van der Waals surface area contributed by atoms with Crippen LogP contribution in [-0.4, -0.2) is 49.2 Å². The highest BCUT2D eigenvalue weighted by atomic mass is 16.5. The maximum absolute atomic E-state index is 12.6. The topological polar surface area (TPSA) is 41.6 Å². The van der Waals surface area contributed by atoms with Crippen molar-refractivity contribution in [2.24, 2.45) is 5.92 Å². The van der Waals surface area contributed by atoms with Crippen LogP contribution in [0.3, 0.4) is 0 Å². The molecule has 1 amide bonds. The van der Waals surface area contributed by atoms with E-state index in [9.17, 15) is 4.79 Å². The Bertz CT molecular complexity index is 332. The van der Waals surface area contributed by atoms with Gasteiger partial charge in [-0.15, -0.1) is 0 Å². The van der Waals surface area contributed by atoms with E-state index < -0.39 is 0 Å². The van der Waals surface area contributed by atoms with Gasteiger partial charge < -0.3 is 15.0 Å². The molecular formula is C17H30N2O2. The van der Waals surface area contributed by atoms with E-state index >= 15 is 0 Å². The van der Waals surface area contributed by atoms with Crippen LogP contribution in [0.25, 0.3) is 0 Å². The number of hydrogen-bond acceptors (Lipinski definition) is 3. The molecule has 2 atom stereocenters. The molecule has 120 valence electrons. The van der Waals surface area contributed by atoms with Gasteiger partial charge >= 0.3 is 0 Å². The van der Waals surface area contributed by atoms with Crippen molar-refractivity contribution in [2.75, 3.05) is 26.2 Å². The normalized spacial score (nSPS) is 30.1. The highest BCUT2D eigenvalue weighted by Crippen LogP contribution is 2.30. The van der Waals surface area contributed by atoms with E-state index in [0.29, 0.717) is 30.4 Å². The van der Waals surface area contributed by atoms with E-state index in [1.807, 2.05) is 0 Å². The first-order chi connectivity index (χ1) is 10.3. The minimum absolute atomic E-state index is 0.333. The maximum Gasteiger partial charge on any atom is 0.222 e. The van der Waals surface area contributed by atoms with E-state index in [4.69, 9.17) is 4.74 Å². The van der Waals surface area contributed by atoms with Crippen LogP contribution in [0.15, 0.2) is 0 Å². The van der Waals surface area contributed by atoms with E-state index in [1.54, 1.807) is 0 Å². The number of amides is 1. The van der Waals surface area contributed by atoms with E-state index in [2.05, 4.69) is 10.2 Å². The van der Waals surface area contributed by atoms with Gasteiger partial charge in [-0.25, -0.2) is 0 Å². The summed E-state index contributed by atoms with van der Waals surface area (Å²) in [6.07, 6.45) is 10.5. The highest BCUT2D eigenvalue weighted by Gasteiger charge is 2.34. The standard InChI is InChI=1S/C17H30N2O2/c20-17(9-8-16-5-1-2-11-21-16)19(15-6-7-15)13-14-4-3-10-18-12-14/h14-16,18H,1-13H2. The second-order valence-electron chi connectivity index (χ2n) is 7.02. The Morgan fingerprint density at radius 3 is 2.71 bits per heavy atom. The fourth-order valence-electron chi connectivity index (χ4n) is 3.66. The third-order valence-corrected chi connectivity index (χ3v) is 5.12. The predicted molar refractivity (Wildman–Crippen MR) is 83.2 cm³/mol. The first-order valence-corrected chi connectivity index (χ1v) is 8.94. The van der Waals surface area contributed by atoms with Gasteiger partial charge in [0.25, 0.3) is 0 Å². The zero-order valence-electron chi connectivity index (χ0n) is 13.2. The average Bonchev–Trinajstić information content (AvgIpc) is 3.37. The first kappa shape index (κ1) is 15.3. The number of nitrogens with zero attached hydrogens (tertiary/aromatic N) is 1. The number of piperidine rings is 1. The summed E-state index contributed by atoms with van der Waals surface area (Å²) in [4.78, 5) is 14.8. The summed E-state index contributed by atoms with van der Waals surface area (Å²) < 4.78 is 5.75. The van der Waals surface area contributed by atoms with Crippen molar-refractivity contribution >= 4 is 5.91 Å². The van der Waals surface area contributed by atoms with Gasteiger partial charge in [0.15, 0.2) is 0 Å². The molecule has 3 rings (SSSR count). The minimum Gasteiger partial charge on any atom is -0.378 e. The Hall–Kier alpha value is -0.610. The molecule has 21 heavy (non-hydrogen) atoms. The molecule has 2 saturated heterocycles. The highest BCUT2D eigenvalue weighted by molar-refractivity contribution is 5.76. The van der Waals surface area contributed by atoms with Gasteiger partial charge in [0.05, 0.1) is 6.10 Å². The predicted octanol–water partition coefficient (Wildman–Crippen LogP) is 2.33. The summed E-state index contributed by atoms with van der Waals surface area (Å²) in [5.41, 5.74) is 0. The fourth-order valence-corrected chi connectivity index (χ4v) is 3.66. The Morgan fingerprint density at radius 2 is 2.05 bits per heavy atom. The molecule has 0 bridgehead atoms. The Kier molecular flexibility index (Phi) is 5.53. The van der Waals surface area contributed by atoms with Crippen molar-refractivity contribution in [3.8, 4) is 0 Å². The molecule has 2 aliphatic heterocycles. The molecule has 0 aromatic heterocycles. The van der Waals surface area contributed by atoms with Crippen LogP contribution < -0.4 is 5.32 Å². The maximum atomic E-state index is 12.6. The molecular weight excluding hydrogens is 264 g/mol. The second-order valence-corrected chi connectivity index (χ2v) is 7.02. The summed E-state index contributed by atoms with van der Waals surface area (Å²) in [5, 5.41) is 3.46. The van der Waals surface area contributed by atoms with Crippen LogP contribution in [0.4, 0.5) is 0 Å². The lowest BCUT2D eigenvalue weighted by molar-refractivity contribution is -0.133. The van der Waals surface area contributed by atoms with Gasteiger partial charge in [0, 0.05) is 25.6 Å². The van der Waals surface area contributed by atoms with E-state index in [0.717, 1.165) is 39.1 Å². The number of nitrogens with one attached hydrogen (secondary N) is 1. The minimum atomic E-state index is 0.333. The molecule has 0 spiro atoms. The van der Waals surface area contributed by atoms with Crippen molar-refractivity contribution in [3.05, 3.63) is 0 Å². The fraction of sp³-hybridized carbons (Fsp3) is 0.941. The van der Waals surface area contributed by atoms with Crippen LogP contribution in [0.2, 0.25) is 0 Å². The molecule has 3 aliphatic rings. The van der Waals surface area contributed by atoms with Crippen LogP contribution in [0.5, 0.6) is 0 Å². The quantitative estimate of drug-likeness (QED) is 0.817. The number of carbonyl (C=O) groups excluding carboxylic acids is 1. The van der Waals surface area contributed by atoms with Gasteiger partial charge in [0.1, 0.15) is 0 Å². The largest absolute Gasteiger partial charge is 0.378 e.